The third-order valence-electron chi connectivity index (χ3n) is 8.89. The molecule has 6 rings (SSSR count). The smallest absolute Gasteiger partial charge is 0.313 e. The highest BCUT2D eigenvalue weighted by molar-refractivity contribution is 6.06. The maximum atomic E-state index is 14.6. The molecule has 2 aromatic rings. The molecular weight excluding hydrogens is 550 g/mol. The molecule has 4 aliphatic heterocycles. The van der Waals surface area contributed by atoms with E-state index in [-0.39, 0.29) is 50.4 Å². The molecule has 0 aromatic heterocycles. The first kappa shape index (κ1) is 29.1. The molecule has 4 heterocycles. The molecule has 4 aliphatic rings. The van der Waals surface area contributed by atoms with Crippen molar-refractivity contribution >= 4 is 40.2 Å². The summed E-state index contributed by atoms with van der Waals surface area (Å²) in [5, 5.41) is 14.3. The van der Waals surface area contributed by atoms with Crippen molar-refractivity contribution in [2.75, 3.05) is 31.1 Å². The number of allylic oxidation sites excluding steroid dienone is 1. The van der Waals surface area contributed by atoms with E-state index in [1.54, 1.807) is 35.0 Å². The predicted molar refractivity (Wildman–Crippen MR) is 159 cm³/mol. The fourth-order valence-electron chi connectivity index (χ4n) is 6.87. The van der Waals surface area contributed by atoms with Gasteiger partial charge in [-0.1, -0.05) is 54.6 Å². The third-order valence-corrected chi connectivity index (χ3v) is 8.89. The highest BCUT2D eigenvalue weighted by Gasteiger charge is 2.71. The van der Waals surface area contributed by atoms with Gasteiger partial charge in [-0.3, -0.25) is 19.2 Å². The highest BCUT2D eigenvalue weighted by Crippen LogP contribution is 2.53. The van der Waals surface area contributed by atoms with Crippen LogP contribution in [-0.2, 0) is 28.7 Å². The number of fused-ring (bicyclic) bond motifs is 3. The van der Waals surface area contributed by atoms with Gasteiger partial charge < -0.3 is 29.7 Å². The lowest BCUT2D eigenvalue weighted by Crippen LogP contribution is -2.55. The van der Waals surface area contributed by atoms with Crippen molar-refractivity contribution in [2.24, 2.45) is 11.8 Å². The fraction of sp³-hybridized carbons (Fsp3) is 0.455. The van der Waals surface area contributed by atoms with Crippen molar-refractivity contribution in [2.45, 2.75) is 56.5 Å². The van der Waals surface area contributed by atoms with Crippen LogP contribution in [0.25, 0.3) is 10.8 Å². The Morgan fingerprint density at radius 3 is 2.65 bits per heavy atom. The van der Waals surface area contributed by atoms with Crippen molar-refractivity contribution < 1.29 is 33.8 Å². The van der Waals surface area contributed by atoms with Gasteiger partial charge in [0.1, 0.15) is 23.7 Å². The Bertz CT molecular complexity index is 1490. The number of aliphatic hydroxyl groups excluding tert-OH is 1. The van der Waals surface area contributed by atoms with Gasteiger partial charge in [-0.2, -0.15) is 0 Å². The topological polar surface area (TPSA) is 125 Å². The Balaban J connectivity index is 1.41. The summed E-state index contributed by atoms with van der Waals surface area (Å²) in [7, 11) is 0. The monoisotopic (exact) mass is 587 g/mol. The van der Waals surface area contributed by atoms with Crippen molar-refractivity contribution in [3.05, 3.63) is 66.8 Å². The minimum absolute atomic E-state index is 0.0366. The van der Waals surface area contributed by atoms with E-state index in [0.717, 1.165) is 10.8 Å². The van der Waals surface area contributed by atoms with Gasteiger partial charge in [0.2, 0.25) is 11.8 Å². The molecule has 226 valence electrons. The van der Waals surface area contributed by atoms with Gasteiger partial charge in [-0.15, -0.1) is 0 Å². The summed E-state index contributed by atoms with van der Waals surface area (Å²) in [6.45, 7) is 2.32. The van der Waals surface area contributed by atoms with Gasteiger partial charge in [0.25, 0.3) is 5.91 Å². The number of carbonyl (C=O) groups is 4. The molecule has 10 nitrogen and oxygen atoms in total. The van der Waals surface area contributed by atoms with E-state index in [9.17, 15) is 24.3 Å². The minimum Gasteiger partial charge on any atom is -0.460 e. The molecular formula is C33H37N3O7. The third kappa shape index (κ3) is 5.23. The second kappa shape index (κ2) is 11.9. The molecule has 43 heavy (non-hydrogen) atoms. The van der Waals surface area contributed by atoms with Crippen molar-refractivity contribution in [3.8, 4) is 0 Å². The number of rotatable bonds is 5. The average Bonchev–Trinajstić information content (AvgIpc) is 3.38. The predicted octanol–water partition coefficient (Wildman–Crippen LogP) is 2.49. The van der Waals surface area contributed by atoms with Crippen LogP contribution in [0.2, 0.25) is 0 Å². The Labute approximate surface area is 250 Å². The van der Waals surface area contributed by atoms with Crippen LogP contribution in [0.1, 0.15) is 32.6 Å². The molecule has 0 bridgehead atoms. The van der Waals surface area contributed by atoms with Crippen LogP contribution < -0.4 is 10.2 Å². The zero-order valence-corrected chi connectivity index (χ0v) is 24.2. The number of cyclic esters (lactones) is 1. The maximum absolute atomic E-state index is 14.6. The molecule has 6 atom stereocenters. The number of nitrogens with zero attached hydrogens (tertiary/aromatic N) is 2. The summed E-state index contributed by atoms with van der Waals surface area (Å²) in [5.74, 6) is -3.33. The van der Waals surface area contributed by atoms with Crippen molar-refractivity contribution in [1.82, 2.24) is 10.2 Å². The molecule has 3 amide bonds. The van der Waals surface area contributed by atoms with Gasteiger partial charge in [0.05, 0.1) is 18.6 Å². The van der Waals surface area contributed by atoms with Gasteiger partial charge in [0, 0.05) is 31.8 Å². The van der Waals surface area contributed by atoms with E-state index < -0.39 is 41.7 Å². The van der Waals surface area contributed by atoms with Crippen LogP contribution in [-0.4, -0.2) is 83.8 Å². The molecule has 2 aromatic carbocycles. The second-order valence-corrected chi connectivity index (χ2v) is 11.7. The summed E-state index contributed by atoms with van der Waals surface area (Å²) < 4.78 is 12.4. The molecule has 0 unspecified atom stereocenters. The van der Waals surface area contributed by atoms with E-state index >= 15 is 0 Å². The summed E-state index contributed by atoms with van der Waals surface area (Å²) >= 11 is 0. The van der Waals surface area contributed by atoms with Gasteiger partial charge in [0.15, 0.2) is 0 Å². The minimum atomic E-state index is -1.39. The number of unbranched alkanes of at least 4 members (excludes halogenated alkanes) is 1. The van der Waals surface area contributed by atoms with Crippen LogP contribution in [0.5, 0.6) is 0 Å². The first-order chi connectivity index (χ1) is 20.8. The molecule has 0 saturated carbocycles. The second-order valence-electron chi connectivity index (χ2n) is 11.7. The summed E-state index contributed by atoms with van der Waals surface area (Å²) in [6, 6.07) is 12.7. The van der Waals surface area contributed by atoms with E-state index in [2.05, 4.69) is 5.32 Å². The number of ether oxygens (including phenoxy) is 2. The van der Waals surface area contributed by atoms with Crippen molar-refractivity contribution in [1.29, 1.82) is 0 Å². The van der Waals surface area contributed by atoms with E-state index in [1.165, 1.54) is 0 Å². The Morgan fingerprint density at radius 1 is 1.02 bits per heavy atom. The molecule has 2 N–H and O–H groups in total. The maximum Gasteiger partial charge on any atom is 0.313 e. The van der Waals surface area contributed by atoms with Gasteiger partial charge in [-0.25, -0.2) is 0 Å². The Morgan fingerprint density at radius 2 is 1.84 bits per heavy atom. The van der Waals surface area contributed by atoms with Crippen LogP contribution in [0.15, 0.2) is 66.8 Å². The average molecular weight is 588 g/mol. The molecule has 2 saturated heterocycles. The Kier molecular flexibility index (Phi) is 8.07. The number of amides is 3. The van der Waals surface area contributed by atoms with E-state index in [4.69, 9.17) is 9.47 Å². The number of aliphatic hydroxyl groups is 1. The number of nitrogens with one attached hydrogen (secondary N) is 1. The lowest BCUT2D eigenvalue weighted by Gasteiger charge is -2.35. The number of carbonyl (C=O) groups excluding carboxylic acids is 4. The van der Waals surface area contributed by atoms with Crippen LogP contribution in [0.4, 0.5) is 5.69 Å². The molecule has 1 spiro atoms. The largest absolute Gasteiger partial charge is 0.460 e. The first-order valence-corrected chi connectivity index (χ1v) is 15.0. The Hall–Kier alpha value is -4.02. The number of benzene rings is 2. The number of esters is 1. The molecule has 2 fully saturated rings. The first-order valence-electron chi connectivity index (χ1n) is 15.0. The van der Waals surface area contributed by atoms with Crippen LogP contribution in [0.3, 0.4) is 0 Å². The number of hydrogen-bond acceptors (Lipinski definition) is 7. The zero-order chi connectivity index (χ0) is 30.1. The van der Waals surface area contributed by atoms with Gasteiger partial charge >= 0.3 is 5.97 Å². The van der Waals surface area contributed by atoms with Crippen LogP contribution >= 0.6 is 0 Å². The summed E-state index contributed by atoms with van der Waals surface area (Å²) in [4.78, 5) is 58.0. The number of hydrogen-bond donors (Lipinski definition) is 2. The number of likely N-dealkylation sites (tertiary alicyclic amines) is 1. The van der Waals surface area contributed by atoms with E-state index in [0.29, 0.717) is 24.9 Å². The molecule has 0 radical (unpaired) electrons. The lowest BCUT2D eigenvalue weighted by molar-refractivity contribution is -0.158. The zero-order valence-electron chi connectivity index (χ0n) is 24.2. The van der Waals surface area contributed by atoms with E-state index in [1.807, 2.05) is 48.5 Å². The highest BCUT2D eigenvalue weighted by atomic mass is 16.6. The lowest BCUT2D eigenvalue weighted by atomic mass is 9.78. The van der Waals surface area contributed by atoms with Crippen molar-refractivity contribution in [3.63, 3.8) is 0 Å². The molecule has 0 aliphatic carbocycles. The number of anilines is 1. The van der Waals surface area contributed by atoms with Gasteiger partial charge in [-0.05, 0) is 49.1 Å². The summed E-state index contributed by atoms with van der Waals surface area (Å²) in [5.41, 5.74) is -0.693. The molecule has 10 heteroatoms. The SMILES string of the molecule is C[C@@H]1CNC(=O)CC/C=C\[C@H]2O[C@]34C=CCN(c5ccc6ccccc6c5)C(=O)[C@H]3N(CCCCO)C(=O)[C@@H]4[C@H]2C(=O)O1. The summed E-state index contributed by atoms with van der Waals surface area (Å²) in [6.07, 6.45) is 7.39. The normalized spacial score (nSPS) is 31.8. The van der Waals surface area contributed by atoms with Crippen LogP contribution in [0, 0.1) is 11.8 Å². The quantitative estimate of drug-likeness (QED) is 0.313. The fourth-order valence-corrected chi connectivity index (χ4v) is 6.87. The standard InChI is InChI=1S/C33H37N3O7/c1-21-20-34-26(38)12-5-4-11-25-27(32(41)42-21)28-30(39)36(16-6-7-18-37)29-31(40)35(17-8-15-33(28,29)43-25)24-14-13-22-9-2-3-10-23(22)19-24/h2-4,8-11,13-15,19,21,25,27-29,37H,5-7,12,16-18,20H2,1H3,(H,34,38)/b11-4-/t21-,25-,27+,28+,29-,33+/m1/s1.